The quantitative estimate of drug-likeness (QED) is 0.0740. The molecule has 0 atom stereocenters. The minimum Gasteiger partial charge on any atom is -0.464 e. The fourth-order valence-corrected chi connectivity index (χ4v) is 5.26. The van der Waals surface area contributed by atoms with Crippen molar-refractivity contribution in [1.29, 1.82) is 0 Å². The van der Waals surface area contributed by atoms with Gasteiger partial charge in [-0.2, -0.15) is 13.2 Å². The predicted octanol–water partition coefficient (Wildman–Crippen LogP) is 6.05. The summed E-state index contributed by atoms with van der Waals surface area (Å²) in [6, 6.07) is 21.3. The molecule has 12 nitrogen and oxygen atoms in total. The normalized spacial score (nSPS) is 11.2. The van der Waals surface area contributed by atoms with Crippen molar-refractivity contribution in [3.8, 4) is 11.1 Å². The van der Waals surface area contributed by atoms with E-state index < -0.39 is 59.6 Å². The van der Waals surface area contributed by atoms with E-state index in [2.05, 4.69) is 5.32 Å². The summed E-state index contributed by atoms with van der Waals surface area (Å²) in [6.07, 6.45) is -4.55. The van der Waals surface area contributed by atoms with Crippen molar-refractivity contribution in [2.24, 2.45) is 0 Å². The van der Waals surface area contributed by atoms with E-state index in [4.69, 9.17) is 18.9 Å². The van der Waals surface area contributed by atoms with Crippen molar-refractivity contribution in [3.63, 3.8) is 0 Å². The van der Waals surface area contributed by atoms with E-state index in [0.717, 1.165) is 18.2 Å². The summed E-state index contributed by atoms with van der Waals surface area (Å²) in [5.41, 5.74) is -3.28. The lowest BCUT2D eigenvalue weighted by Gasteiger charge is -2.27. The van der Waals surface area contributed by atoms with E-state index in [1.165, 1.54) is 87.4 Å². The van der Waals surface area contributed by atoms with Gasteiger partial charge < -0.3 is 29.2 Å². The van der Waals surface area contributed by atoms with Gasteiger partial charge in [0.1, 0.15) is 0 Å². The zero-order chi connectivity index (χ0) is 39.6. The molecule has 0 unspecified atom stereocenters. The van der Waals surface area contributed by atoms with Crippen molar-refractivity contribution >= 4 is 41.4 Å². The third-order valence-electron chi connectivity index (χ3n) is 7.89. The van der Waals surface area contributed by atoms with Gasteiger partial charge in [0.25, 0.3) is 17.2 Å². The van der Waals surface area contributed by atoms with Gasteiger partial charge in [-0.05, 0) is 66.9 Å². The number of esters is 4. The van der Waals surface area contributed by atoms with E-state index in [-0.39, 0.29) is 41.2 Å². The molecule has 15 heteroatoms. The number of hydrogen-bond acceptors (Lipinski definition) is 10. The number of nitrogens with one attached hydrogen (secondary N) is 1. The number of benzene rings is 4. The predicted molar refractivity (Wildman–Crippen MR) is 187 cm³/mol. The zero-order valence-corrected chi connectivity index (χ0v) is 29.5. The van der Waals surface area contributed by atoms with Gasteiger partial charge in [-0.3, -0.25) is 9.59 Å². The second-order valence-corrected chi connectivity index (χ2v) is 11.6. The van der Waals surface area contributed by atoms with Crippen LogP contribution < -0.4 is 5.32 Å². The molecule has 0 aliphatic rings. The Balaban J connectivity index is 1.57. The van der Waals surface area contributed by atoms with Crippen molar-refractivity contribution in [2.75, 3.05) is 39.4 Å². The number of carbonyl (C=O) groups excluding carboxylic acids is 6. The molecule has 0 aliphatic carbocycles. The average Bonchev–Trinajstić information content (AvgIpc) is 3.15. The first-order valence-electron chi connectivity index (χ1n) is 16.3. The number of alkyl halides is 3. The smallest absolute Gasteiger partial charge is 0.416 e. The number of halogens is 3. The molecule has 0 spiro atoms. The molecular formula is C39H35F3N2O10. The minimum atomic E-state index is -4.55. The minimum absolute atomic E-state index is 0.0135. The Morgan fingerprint density at radius 2 is 1.22 bits per heavy atom. The molecule has 2 amide bonds. The first kappa shape index (κ1) is 40.3. The lowest BCUT2D eigenvalue weighted by Crippen LogP contribution is -2.53. The summed E-state index contributed by atoms with van der Waals surface area (Å²) >= 11 is 0. The van der Waals surface area contributed by atoms with Gasteiger partial charge in [-0.1, -0.05) is 60.7 Å². The Morgan fingerprint density at radius 3 is 1.80 bits per heavy atom. The van der Waals surface area contributed by atoms with Crippen molar-refractivity contribution in [1.82, 2.24) is 4.90 Å². The highest BCUT2D eigenvalue weighted by Crippen LogP contribution is 2.33. The number of nitrogens with zero attached hydrogens (tertiary/aromatic N) is 1. The Bertz CT molecular complexity index is 2010. The number of ether oxygens (including phenoxy) is 4. The first-order chi connectivity index (χ1) is 25.7. The third kappa shape index (κ3) is 8.74. The fourth-order valence-electron chi connectivity index (χ4n) is 5.26. The van der Waals surface area contributed by atoms with Crippen LogP contribution in [-0.4, -0.2) is 74.7 Å². The molecule has 0 fully saturated rings. The van der Waals surface area contributed by atoms with Gasteiger partial charge in [0.15, 0.2) is 0 Å². The number of rotatable bonds is 13. The van der Waals surface area contributed by atoms with Crippen LogP contribution in [0.25, 0.3) is 11.1 Å². The van der Waals surface area contributed by atoms with Gasteiger partial charge in [0.2, 0.25) is 6.79 Å². The largest absolute Gasteiger partial charge is 0.464 e. The molecule has 282 valence electrons. The summed E-state index contributed by atoms with van der Waals surface area (Å²) in [4.78, 5) is 81.0. The van der Waals surface area contributed by atoms with Crippen LogP contribution in [0.15, 0.2) is 97.1 Å². The van der Waals surface area contributed by atoms with Crippen LogP contribution in [0.2, 0.25) is 0 Å². The molecule has 4 aromatic rings. The van der Waals surface area contributed by atoms with Crippen LogP contribution in [0.5, 0.6) is 0 Å². The van der Waals surface area contributed by atoms with E-state index in [9.17, 15) is 41.9 Å². The highest BCUT2D eigenvalue weighted by molar-refractivity contribution is 6.24. The number of hydrogen-bond donors (Lipinski definition) is 1. The topological polar surface area (TPSA) is 155 Å². The maximum Gasteiger partial charge on any atom is 0.416 e. The maximum atomic E-state index is 13.5. The first-order valence-corrected chi connectivity index (χ1v) is 16.3. The SMILES string of the molecule is CCOC(=O)C(C(=O)OCC)(C(=O)OCOC(=O)c1ccc(NC(=O)c2ccccc2-c2ccc(C(F)(F)F)cc2)c(C(=O)N(C)C)c1)c1ccccc1. The van der Waals surface area contributed by atoms with E-state index in [1.807, 2.05) is 0 Å². The third-order valence-corrected chi connectivity index (χ3v) is 7.89. The molecule has 54 heavy (non-hydrogen) atoms. The van der Waals surface area contributed by atoms with Crippen LogP contribution in [0, 0.1) is 0 Å². The molecule has 4 rings (SSSR count). The average molecular weight is 749 g/mol. The van der Waals surface area contributed by atoms with Crippen LogP contribution in [0.3, 0.4) is 0 Å². The fraction of sp³-hybridized carbons (Fsp3) is 0.231. The Hall–Kier alpha value is -6.51. The van der Waals surface area contributed by atoms with Gasteiger partial charge in [0, 0.05) is 19.7 Å². The van der Waals surface area contributed by atoms with Crippen LogP contribution >= 0.6 is 0 Å². The molecular weight excluding hydrogens is 713 g/mol. The second-order valence-electron chi connectivity index (χ2n) is 11.6. The lowest BCUT2D eigenvalue weighted by molar-refractivity contribution is -0.179. The van der Waals surface area contributed by atoms with E-state index >= 15 is 0 Å². The van der Waals surface area contributed by atoms with E-state index in [1.54, 1.807) is 24.3 Å². The van der Waals surface area contributed by atoms with Crippen LogP contribution in [0.4, 0.5) is 18.9 Å². The van der Waals surface area contributed by atoms with Crippen LogP contribution in [0.1, 0.15) is 56.0 Å². The Morgan fingerprint density at radius 1 is 0.648 bits per heavy atom. The molecule has 0 bridgehead atoms. The van der Waals surface area contributed by atoms with Gasteiger partial charge in [0.05, 0.1) is 35.6 Å². The lowest BCUT2D eigenvalue weighted by atomic mass is 9.80. The number of carbonyl (C=O) groups is 6. The molecule has 0 heterocycles. The van der Waals surface area contributed by atoms with E-state index in [0.29, 0.717) is 11.1 Å². The summed E-state index contributed by atoms with van der Waals surface area (Å²) in [6.45, 7) is 1.50. The summed E-state index contributed by atoms with van der Waals surface area (Å²) in [7, 11) is 2.87. The second kappa shape index (κ2) is 17.3. The molecule has 0 aromatic heterocycles. The van der Waals surface area contributed by atoms with Crippen molar-refractivity contribution in [3.05, 3.63) is 125 Å². The Kier molecular flexibility index (Phi) is 12.9. The van der Waals surface area contributed by atoms with Crippen molar-refractivity contribution < 1.29 is 60.9 Å². The summed E-state index contributed by atoms with van der Waals surface area (Å²) < 4.78 is 59.8. The highest BCUT2D eigenvalue weighted by atomic mass is 19.4. The molecule has 0 aliphatic heterocycles. The van der Waals surface area contributed by atoms with Crippen molar-refractivity contribution in [2.45, 2.75) is 25.4 Å². The van der Waals surface area contributed by atoms with Crippen LogP contribution in [-0.2, 0) is 44.9 Å². The molecule has 0 saturated heterocycles. The maximum absolute atomic E-state index is 13.5. The van der Waals surface area contributed by atoms with Gasteiger partial charge >= 0.3 is 30.1 Å². The zero-order valence-electron chi connectivity index (χ0n) is 29.5. The monoisotopic (exact) mass is 748 g/mol. The molecule has 4 aromatic carbocycles. The van der Waals surface area contributed by atoms with Gasteiger partial charge in [-0.15, -0.1) is 0 Å². The summed E-state index contributed by atoms with van der Waals surface area (Å²) in [5, 5.41) is 2.63. The highest BCUT2D eigenvalue weighted by Gasteiger charge is 2.59. The van der Waals surface area contributed by atoms with Gasteiger partial charge in [-0.25, -0.2) is 19.2 Å². The standard InChI is InChI=1S/C39H35F3N2O10/c1-5-51-35(48)38(36(49)52-6-2,26-12-8-7-9-13-26)37(50)54-23-53-34(47)25-18-21-31(30(22-25)33(46)44(3)4)43-32(45)29-15-11-10-14-28(29)24-16-19-27(20-17-24)39(40,41)42/h7-22H,5-6,23H2,1-4H3,(H,43,45). The number of amides is 2. The Labute approximate surface area is 307 Å². The summed E-state index contributed by atoms with van der Waals surface area (Å²) in [5.74, 6) is -6.38. The molecule has 0 saturated carbocycles. The number of anilines is 1. The molecule has 1 N–H and O–H groups in total. The molecule has 0 radical (unpaired) electrons.